The molecule has 0 atom stereocenters. The molecule has 0 amide bonds. The summed E-state index contributed by atoms with van der Waals surface area (Å²) in [6.07, 6.45) is 0. The van der Waals surface area contributed by atoms with Gasteiger partial charge in [0.15, 0.2) is 0 Å². The quantitative estimate of drug-likeness (QED) is 0.595. The molecule has 0 unspecified atom stereocenters. The zero-order valence-electron chi connectivity index (χ0n) is 9.97. The third kappa shape index (κ3) is 3.03. The maximum Gasteiger partial charge on any atom is 0.231 e. The van der Waals surface area contributed by atoms with Crippen molar-refractivity contribution in [1.82, 2.24) is 0 Å². The van der Waals surface area contributed by atoms with Gasteiger partial charge in [0.2, 0.25) is 5.90 Å². The van der Waals surface area contributed by atoms with Gasteiger partial charge in [0.1, 0.15) is 10.7 Å². The summed E-state index contributed by atoms with van der Waals surface area (Å²) in [5.41, 5.74) is 0.885. The third-order valence-electron chi connectivity index (χ3n) is 2.34. The van der Waals surface area contributed by atoms with Crippen molar-refractivity contribution in [2.24, 2.45) is 4.99 Å². The monoisotopic (exact) mass is 249 g/mol. The number of hydrogen-bond acceptors (Lipinski definition) is 4. The van der Waals surface area contributed by atoms with Crippen LogP contribution in [-0.4, -0.2) is 25.4 Å². The number of methoxy groups -OCH3 is 1. The summed E-state index contributed by atoms with van der Waals surface area (Å²) in [7, 11) is 1.64. The van der Waals surface area contributed by atoms with Crippen LogP contribution in [0.2, 0.25) is 0 Å². The molecule has 1 aromatic carbocycles. The Morgan fingerprint density at radius 2 is 2.12 bits per heavy atom. The van der Waals surface area contributed by atoms with Crippen LogP contribution >= 0.6 is 11.8 Å². The van der Waals surface area contributed by atoms with Crippen LogP contribution in [0.1, 0.15) is 6.92 Å². The predicted octanol–water partition coefficient (Wildman–Crippen LogP) is 3.36. The van der Waals surface area contributed by atoms with Crippen molar-refractivity contribution in [3.05, 3.63) is 41.0 Å². The van der Waals surface area contributed by atoms with Crippen LogP contribution in [0.5, 0.6) is 0 Å². The highest BCUT2D eigenvalue weighted by Gasteiger charge is 2.17. The number of para-hydroxylation sites is 1. The first-order valence-electron chi connectivity index (χ1n) is 5.46. The molecule has 17 heavy (non-hydrogen) atoms. The molecule has 0 saturated carbocycles. The number of benzene rings is 1. The zero-order chi connectivity index (χ0) is 12.1. The SMILES string of the molecule is COC(=Nc1ccccc1)C1=C(C)OCCS1. The Hall–Kier alpha value is -1.42. The van der Waals surface area contributed by atoms with Crippen molar-refractivity contribution in [2.75, 3.05) is 19.5 Å². The Balaban J connectivity index is 2.30. The van der Waals surface area contributed by atoms with Crippen molar-refractivity contribution in [2.45, 2.75) is 6.92 Å². The summed E-state index contributed by atoms with van der Waals surface area (Å²) >= 11 is 1.72. The molecule has 0 N–H and O–H groups in total. The van der Waals surface area contributed by atoms with E-state index in [9.17, 15) is 0 Å². The molecular formula is C13H15NO2S. The minimum Gasteiger partial charge on any atom is -0.496 e. The van der Waals surface area contributed by atoms with E-state index in [-0.39, 0.29) is 0 Å². The van der Waals surface area contributed by atoms with Gasteiger partial charge in [-0.2, -0.15) is 0 Å². The molecule has 0 fully saturated rings. The first-order valence-corrected chi connectivity index (χ1v) is 6.44. The van der Waals surface area contributed by atoms with E-state index in [1.807, 2.05) is 37.3 Å². The lowest BCUT2D eigenvalue weighted by molar-refractivity contribution is 0.229. The summed E-state index contributed by atoms with van der Waals surface area (Å²) in [5, 5.41) is 0. The van der Waals surface area contributed by atoms with Crippen molar-refractivity contribution < 1.29 is 9.47 Å². The normalized spacial score (nSPS) is 16.7. The topological polar surface area (TPSA) is 30.8 Å². The second-order valence-electron chi connectivity index (χ2n) is 3.54. The molecule has 4 heteroatoms. The summed E-state index contributed by atoms with van der Waals surface area (Å²) in [5.74, 6) is 2.44. The Morgan fingerprint density at radius 3 is 2.76 bits per heavy atom. The van der Waals surface area contributed by atoms with Gasteiger partial charge in [-0.05, 0) is 19.1 Å². The average Bonchev–Trinajstić information content (AvgIpc) is 2.38. The Kier molecular flexibility index (Phi) is 4.09. The van der Waals surface area contributed by atoms with Gasteiger partial charge < -0.3 is 9.47 Å². The predicted molar refractivity (Wildman–Crippen MR) is 71.7 cm³/mol. The molecule has 0 aliphatic carbocycles. The van der Waals surface area contributed by atoms with Crippen LogP contribution in [0.15, 0.2) is 46.0 Å². The Labute approximate surface area is 106 Å². The first-order chi connectivity index (χ1) is 8.31. The van der Waals surface area contributed by atoms with Crippen LogP contribution < -0.4 is 0 Å². The molecule has 1 aliphatic heterocycles. The fourth-order valence-corrected chi connectivity index (χ4v) is 2.41. The summed E-state index contributed by atoms with van der Waals surface area (Å²) in [6, 6.07) is 9.77. The standard InChI is InChI=1S/C13H15NO2S/c1-10-12(17-9-8-16-10)13(15-2)14-11-6-4-3-5-7-11/h3-7H,8-9H2,1-2H3. The molecule has 0 radical (unpaired) electrons. The van der Waals surface area contributed by atoms with Crippen molar-refractivity contribution in [3.63, 3.8) is 0 Å². The smallest absolute Gasteiger partial charge is 0.231 e. The lowest BCUT2D eigenvalue weighted by Gasteiger charge is -2.18. The molecule has 1 aromatic rings. The minimum absolute atomic E-state index is 0.624. The van der Waals surface area contributed by atoms with E-state index in [2.05, 4.69) is 4.99 Å². The number of allylic oxidation sites excluding steroid dienone is 1. The lowest BCUT2D eigenvalue weighted by Crippen LogP contribution is -2.12. The largest absolute Gasteiger partial charge is 0.496 e. The molecule has 1 heterocycles. The summed E-state index contributed by atoms with van der Waals surface area (Å²) < 4.78 is 10.9. The van der Waals surface area contributed by atoms with Crippen LogP contribution in [0.25, 0.3) is 0 Å². The van der Waals surface area contributed by atoms with Gasteiger partial charge in [-0.15, -0.1) is 11.8 Å². The van der Waals surface area contributed by atoms with Gasteiger partial charge in [0.25, 0.3) is 0 Å². The summed E-state index contributed by atoms with van der Waals surface area (Å²) in [6.45, 7) is 2.70. The number of rotatable bonds is 2. The lowest BCUT2D eigenvalue weighted by atomic mass is 10.3. The van der Waals surface area contributed by atoms with E-state index in [1.54, 1.807) is 18.9 Å². The van der Waals surface area contributed by atoms with Crippen LogP contribution in [0, 0.1) is 0 Å². The highest BCUT2D eigenvalue weighted by atomic mass is 32.2. The third-order valence-corrected chi connectivity index (χ3v) is 3.46. The molecular weight excluding hydrogens is 234 g/mol. The van der Waals surface area contributed by atoms with Gasteiger partial charge in [0.05, 0.1) is 19.4 Å². The van der Waals surface area contributed by atoms with E-state index in [0.717, 1.165) is 28.7 Å². The molecule has 1 aliphatic rings. The highest BCUT2D eigenvalue weighted by Crippen LogP contribution is 2.28. The molecule has 3 nitrogen and oxygen atoms in total. The molecule has 0 aromatic heterocycles. The van der Waals surface area contributed by atoms with Crippen molar-refractivity contribution in [3.8, 4) is 0 Å². The number of ether oxygens (including phenoxy) is 2. The van der Waals surface area contributed by atoms with Crippen LogP contribution in [0.3, 0.4) is 0 Å². The molecule has 0 saturated heterocycles. The summed E-state index contributed by atoms with van der Waals surface area (Å²) in [4.78, 5) is 5.48. The fourth-order valence-electron chi connectivity index (χ4n) is 1.53. The van der Waals surface area contributed by atoms with E-state index in [1.165, 1.54) is 0 Å². The fraction of sp³-hybridized carbons (Fsp3) is 0.308. The number of thioether (sulfide) groups is 1. The zero-order valence-corrected chi connectivity index (χ0v) is 10.8. The molecule has 90 valence electrons. The van der Waals surface area contributed by atoms with Gasteiger partial charge in [-0.1, -0.05) is 18.2 Å². The second-order valence-corrected chi connectivity index (χ2v) is 4.64. The second kappa shape index (κ2) is 5.77. The van der Waals surface area contributed by atoms with Crippen molar-refractivity contribution >= 4 is 23.3 Å². The highest BCUT2D eigenvalue weighted by molar-refractivity contribution is 8.04. The van der Waals surface area contributed by atoms with E-state index < -0.39 is 0 Å². The molecule has 0 spiro atoms. The minimum atomic E-state index is 0.624. The maximum absolute atomic E-state index is 5.51. The first kappa shape index (κ1) is 12.0. The van der Waals surface area contributed by atoms with Crippen LogP contribution in [0.4, 0.5) is 5.69 Å². The number of aliphatic imine (C=N–C) groups is 1. The van der Waals surface area contributed by atoms with E-state index in [0.29, 0.717) is 5.90 Å². The number of nitrogens with zero attached hydrogens (tertiary/aromatic N) is 1. The van der Waals surface area contributed by atoms with Gasteiger partial charge in [-0.3, -0.25) is 0 Å². The average molecular weight is 249 g/mol. The number of hydrogen-bond donors (Lipinski definition) is 0. The van der Waals surface area contributed by atoms with Gasteiger partial charge in [0, 0.05) is 5.75 Å². The molecule has 2 rings (SSSR count). The molecule has 0 bridgehead atoms. The van der Waals surface area contributed by atoms with Gasteiger partial charge >= 0.3 is 0 Å². The van der Waals surface area contributed by atoms with E-state index in [4.69, 9.17) is 9.47 Å². The maximum atomic E-state index is 5.51. The van der Waals surface area contributed by atoms with Crippen LogP contribution in [-0.2, 0) is 9.47 Å². The Morgan fingerprint density at radius 1 is 1.35 bits per heavy atom. The van der Waals surface area contributed by atoms with E-state index >= 15 is 0 Å². The van der Waals surface area contributed by atoms with Gasteiger partial charge in [-0.25, -0.2) is 4.99 Å². The Bertz CT molecular complexity index is 440. The van der Waals surface area contributed by atoms with Crippen molar-refractivity contribution in [1.29, 1.82) is 0 Å².